The van der Waals surface area contributed by atoms with Gasteiger partial charge < -0.3 is 14.7 Å². The highest BCUT2D eigenvalue weighted by molar-refractivity contribution is 6.31. The molecule has 1 fully saturated rings. The van der Waals surface area contributed by atoms with Gasteiger partial charge in [-0.05, 0) is 18.2 Å². The number of carboxylic acids is 1. The van der Waals surface area contributed by atoms with E-state index in [1.165, 1.54) is 24.1 Å². The summed E-state index contributed by atoms with van der Waals surface area (Å²) in [6.07, 6.45) is -0.0945. The summed E-state index contributed by atoms with van der Waals surface area (Å²) in [6.45, 7) is 0.182. The number of halogens is 2. The minimum absolute atomic E-state index is 0.152. The van der Waals surface area contributed by atoms with Crippen LogP contribution in [-0.4, -0.2) is 47.7 Å². The maximum Gasteiger partial charge on any atom is 0.326 e. The van der Waals surface area contributed by atoms with E-state index in [0.29, 0.717) is 0 Å². The van der Waals surface area contributed by atoms with Gasteiger partial charge >= 0.3 is 5.97 Å². The van der Waals surface area contributed by atoms with E-state index in [-0.39, 0.29) is 29.7 Å². The fourth-order valence-electron chi connectivity index (χ4n) is 2.22. The smallest absolute Gasteiger partial charge is 0.326 e. The summed E-state index contributed by atoms with van der Waals surface area (Å²) >= 11 is 5.63. The van der Waals surface area contributed by atoms with Gasteiger partial charge in [-0.25, -0.2) is 9.18 Å². The van der Waals surface area contributed by atoms with Crippen molar-refractivity contribution < 1.29 is 23.8 Å². The van der Waals surface area contributed by atoms with E-state index >= 15 is 0 Å². The van der Waals surface area contributed by atoms with Crippen LogP contribution in [0, 0.1) is 5.82 Å². The molecule has 0 radical (unpaired) electrons. The Morgan fingerprint density at radius 3 is 2.75 bits per heavy atom. The highest BCUT2D eigenvalue weighted by Crippen LogP contribution is 2.24. The molecule has 0 spiro atoms. The van der Waals surface area contributed by atoms with Crippen LogP contribution in [0.25, 0.3) is 0 Å². The molecule has 1 aromatic carbocycles. The number of likely N-dealkylation sites (tertiary alicyclic amines) is 1. The summed E-state index contributed by atoms with van der Waals surface area (Å²) in [5.41, 5.74) is 0.152. The maximum absolute atomic E-state index is 13.1. The van der Waals surface area contributed by atoms with E-state index in [2.05, 4.69) is 0 Å². The largest absolute Gasteiger partial charge is 0.480 e. The van der Waals surface area contributed by atoms with Crippen molar-refractivity contribution in [3.05, 3.63) is 34.6 Å². The number of methoxy groups -OCH3 is 1. The number of rotatable bonds is 3. The number of carbonyl (C=O) groups excluding carboxylic acids is 1. The lowest BCUT2D eigenvalue weighted by Gasteiger charge is -2.21. The molecule has 1 heterocycles. The first-order valence-corrected chi connectivity index (χ1v) is 6.33. The average Bonchev–Trinajstić information content (AvgIpc) is 2.85. The zero-order valence-corrected chi connectivity index (χ0v) is 11.4. The Hall–Kier alpha value is -1.66. The van der Waals surface area contributed by atoms with E-state index in [1.807, 2.05) is 0 Å². The molecule has 2 rings (SSSR count). The predicted octanol–water partition coefficient (Wildman–Crippen LogP) is 1.79. The number of aliphatic carboxylic acids is 1. The Labute approximate surface area is 119 Å². The van der Waals surface area contributed by atoms with Crippen LogP contribution in [0.3, 0.4) is 0 Å². The van der Waals surface area contributed by atoms with Crippen LogP contribution in [0.5, 0.6) is 0 Å². The lowest BCUT2D eigenvalue weighted by atomic mass is 10.1. The van der Waals surface area contributed by atoms with Crippen molar-refractivity contribution in [3.8, 4) is 0 Å². The van der Waals surface area contributed by atoms with Crippen molar-refractivity contribution in [2.75, 3.05) is 13.7 Å². The second-order valence-electron chi connectivity index (χ2n) is 4.53. The van der Waals surface area contributed by atoms with Crippen LogP contribution in [0.2, 0.25) is 5.02 Å². The van der Waals surface area contributed by atoms with Crippen LogP contribution in [-0.2, 0) is 9.53 Å². The number of carboxylic acid groups (broad SMARTS) is 1. The van der Waals surface area contributed by atoms with E-state index in [4.69, 9.17) is 21.4 Å². The standard InChI is InChI=1S/C13H13ClFNO4/c1-20-8-5-11(13(18)19)16(6-8)12(17)7-2-3-10(15)9(14)4-7/h2-4,8,11H,5-6H2,1H3,(H,18,19). The summed E-state index contributed by atoms with van der Waals surface area (Å²) in [5, 5.41) is 8.98. The van der Waals surface area contributed by atoms with Gasteiger partial charge in [0.2, 0.25) is 0 Å². The Morgan fingerprint density at radius 2 is 2.20 bits per heavy atom. The summed E-state index contributed by atoms with van der Waals surface area (Å²) in [6, 6.07) is 2.60. The van der Waals surface area contributed by atoms with E-state index in [0.717, 1.165) is 6.07 Å². The third-order valence-corrected chi connectivity index (χ3v) is 3.60. The zero-order chi connectivity index (χ0) is 14.9. The van der Waals surface area contributed by atoms with Crippen molar-refractivity contribution in [3.63, 3.8) is 0 Å². The molecule has 1 aliphatic rings. The Balaban J connectivity index is 2.26. The van der Waals surface area contributed by atoms with E-state index in [1.54, 1.807) is 0 Å². The lowest BCUT2D eigenvalue weighted by molar-refractivity contribution is -0.141. The van der Waals surface area contributed by atoms with Gasteiger partial charge in [-0.1, -0.05) is 11.6 Å². The second-order valence-corrected chi connectivity index (χ2v) is 4.94. The number of ether oxygens (including phenoxy) is 1. The second kappa shape index (κ2) is 5.76. The van der Waals surface area contributed by atoms with Gasteiger partial charge in [0.25, 0.3) is 5.91 Å². The summed E-state index contributed by atoms with van der Waals surface area (Å²) in [5.74, 6) is -2.22. The molecular formula is C13H13ClFNO4. The molecule has 0 aromatic heterocycles. The number of carbonyl (C=O) groups is 2. The molecule has 108 valence electrons. The number of benzene rings is 1. The highest BCUT2D eigenvalue weighted by atomic mass is 35.5. The fourth-order valence-corrected chi connectivity index (χ4v) is 2.40. The van der Waals surface area contributed by atoms with Gasteiger partial charge in [0.15, 0.2) is 0 Å². The fraction of sp³-hybridized carbons (Fsp3) is 0.385. The van der Waals surface area contributed by atoms with Gasteiger partial charge in [0, 0.05) is 25.6 Å². The normalized spacial score (nSPS) is 22.1. The molecule has 1 N–H and O–H groups in total. The van der Waals surface area contributed by atoms with Crippen LogP contribution < -0.4 is 0 Å². The summed E-state index contributed by atoms with van der Waals surface area (Å²) in [4.78, 5) is 24.7. The molecule has 5 nitrogen and oxygen atoms in total. The Kier molecular flexibility index (Phi) is 4.25. The van der Waals surface area contributed by atoms with Crippen molar-refractivity contribution in [1.29, 1.82) is 0 Å². The molecule has 2 unspecified atom stereocenters. The number of amides is 1. The predicted molar refractivity (Wildman–Crippen MR) is 69.3 cm³/mol. The van der Waals surface area contributed by atoms with E-state index < -0.39 is 23.7 Å². The van der Waals surface area contributed by atoms with Crippen molar-refractivity contribution >= 4 is 23.5 Å². The number of hydrogen-bond donors (Lipinski definition) is 1. The zero-order valence-electron chi connectivity index (χ0n) is 10.7. The van der Waals surface area contributed by atoms with Gasteiger partial charge in [0.05, 0.1) is 11.1 Å². The molecular weight excluding hydrogens is 289 g/mol. The average molecular weight is 302 g/mol. The monoisotopic (exact) mass is 301 g/mol. The first-order valence-electron chi connectivity index (χ1n) is 5.95. The van der Waals surface area contributed by atoms with Gasteiger partial charge in [-0.2, -0.15) is 0 Å². The molecule has 1 saturated heterocycles. The van der Waals surface area contributed by atoms with Crippen LogP contribution in [0.1, 0.15) is 16.8 Å². The highest BCUT2D eigenvalue weighted by Gasteiger charge is 2.40. The maximum atomic E-state index is 13.1. The van der Waals surface area contributed by atoms with Gasteiger partial charge in [0.1, 0.15) is 11.9 Å². The topological polar surface area (TPSA) is 66.8 Å². The van der Waals surface area contributed by atoms with Crippen LogP contribution in [0.4, 0.5) is 4.39 Å². The molecule has 2 atom stereocenters. The summed E-state index contributed by atoms with van der Waals surface area (Å²) in [7, 11) is 1.46. The Morgan fingerprint density at radius 1 is 1.50 bits per heavy atom. The molecule has 20 heavy (non-hydrogen) atoms. The molecule has 1 aliphatic heterocycles. The SMILES string of the molecule is COC1CC(C(=O)O)N(C(=O)c2ccc(F)c(Cl)c2)C1. The van der Waals surface area contributed by atoms with Crippen LogP contribution >= 0.6 is 11.6 Å². The van der Waals surface area contributed by atoms with Crippen LogP contribution in [0.15, 0.2) is 18.2 Å². The first kappa shape index (κ1) is 14.7. The minimum Gasteiger partial charge on any atom is -0.480 e. The molecule has 0 aliphatic carbocycles. The summed E-state index contributed by atoms with van der Waals surface area (Å²) < 4.78 is 18.2. The third-order valence-electron chi connectivity index (χ3n) is 3.31. The van der Waals surface area contributed by atoms with Crippen molar-refractivity contribution in [1.82, 2.24) is 4.90 Å². The van der Waals surface area contributed by atoms with Crippen molar-refractivity contribution in [2.45, 2.75) is 18.6 Å². The lowest BCUT2D eigenvalue weighted by Crippen LogP contribution is -2.40. The molecule has 0 bridgehead atoms. The number of hydrogen-bond acceptors (Lipinski definition) is 3. The molecule has 1 aromatic rings. The van der Waals surface area contributed by atoms with Gasteiger partial charge in [-0.15, -0.1) is 0 Å². The third kappa shape index (κ3) is 2.76. The molecule has 0 saturated carbocycles. The minimum atomic E-state index is -1.09. The quantitative estimate of drug-likeness (QED) is 0.924. The van der Waals surface area contributed by atoms with E-state index in [9.17, 15) is 14.0 Å². The molecule has 1 amide bonds. The first-order chi connectivity index (χ1) is 9.43. The van der Waals surface area contributed by atoms with Crippen molar-refractivity contribution in [2.24, 2.45) is 0 Å². The Bertz CT molecular complexity index is 551. The van der Waals surface area contributed by atoms with Gasteiger partial charge in [-0.3, -0.25) is 4.79 Å². The molecule has 7 heteroatoms. The number of nitrogens with zero attached hydrogens (tertiary/aromatic N) is 1.